The first-order valence-corrected chi connectivity index (χ1v) is 6.15. The average molecular weight is 271 g/mol. The largest absolute Gasteiger partial charge is 0.480 e. The van der Waals surface area contributed by atoms with Crippen LogP contribution < -0.4 is 0 Å². The average Bonchev–Trinajstić information content (AvgIpc) is 2.57. The summed E-state index contributed by atoms with van der Waals surface area (Å²) >= 11 is 7.04. The maximum absolute atomic E-state index is 11.0. The first kappa shape index (κ1) is 12.3. The van der Waals surface area contributed by atoms with Crippen LogP contribution in [-0.2, 0) is 4.79 Å². The molecule has 2 aromatic rings. The fourth-order valence-electron chi connectivity index (χ4n) is 1.29. The Morgan fingerprint density at radius 2 is 2.24 bits per heavy atom. The van der Waals surface area contributed by atoms with Gasteiger partial charge in [-0.1, -0.05) is 23.4 Å². The van der Waals surface area contributed by atoms with Crippen LogP contribution in [0.5, 0.6) is 0 Å². The standard InChI is InChI=1S/C11H11ClN2O2S/c1-11(2,9(15)16)17-10-13-7-4-3-6(12)5-8(7)14-10/h3-5H,1-2H3,(H,13,14)(H,15,16). The van der Waals surface area contributed by atoms with Crippen LogP contribution in [0.2, 0.25) is 5.02 Å². The van der Waals surface area contributed by atoms with E-state index in [4.69, 9.17) is 16.7 Å². The lowest BCUT2D eigenvalue weighted by Gasteiger charge is -2.15. The van der Waals surface area contributed by atoms with Gasteiger partial charge in [-0.3, -0.25) is 4.79 Å². The molecule has 0 aliphatic rings. The Labute approximate surface area is 107 Å². The molecule has 0 aliphatic heterocycles. The highest BCUT2D eigenvalue weighted by atomic mass is 35.5. The summed E-state index contributed by atoms with van der Waals surface area (Å²) < 4.78 is -0.919. The van der Waals surface area contributed by atoms with Crippen LogP contribution in [0.1, 0.15) is 13.8 Å². The highest BCUT2D eigenvalue weighted by Crippen LogP contribution is 2.32. The molecule has 0 unspecified atom stereocenters. The van der Waals surface area contributed by atoms with Crippen molar-refractivity contribution in [3.05, 3.63) is 23.2 Å². The lowest BCUT2D eigenvalue weighted by Crippen LogP contribution is -2.27. The summed E-state index contributed by atoms with van der Waals surface area (Å²) in [5, 5.41) is 10.2. The van der Waals surface area contributed by atoms with Gasteiger partial charge in [0.1, 0.15) is 4.75 Å². The van der Waals surface area contributed by atoms with E-state index in [1.165, 1.54) is 11.8 Å². The molecule has 6 heteroatoms. The number of benzene rings is 1. The van der Waals surface area contributed by atoms with Crippen LogP contribution in [-0.4, -0.2) is 25.8 Å². The smallest absolute Gasteiger partial charge is 0.319 e. The van der Waals surface area contributed by atoms with Crippen LogP contribution in [0, 0.1) is 0 Å². The SMILES string of the molecule is CC(C)(Sc1nc2ccc(Cl)cc2[nH]1)C(=O)O. The van der Waals surface area contributed by atoms with Crippen molar-refractivity contribution in [2.75, 3.05) is 0 Å². The van der Waals surface area contributed by atoms with Gasteiger partial charge in [0.2, 0.25) is 0 Å². The zero-order valence-electron chi connectivity index (χ0n) is 9.32. The van der Waals surface area contributed by atoms with Gasteiger partial charge in [-0.15, -0.1) is 0 Å². The zero-order valence-corrected chi connectivity index (χ0v) is 10.9. The van der Waals surface area contributed by atoms with Crippen molar-refractivity contribution in [3.8, 4) is 0 Å². The molecule has 17 heavy (non-hydrogen) atoms. The summed E-state index contributed by atoms with van der Waals surface area (Å²) in [6.45, 7) is 3.28. The maximum Gasteiger partial charge on any atom is 0.319 e. The van der Waals surface area contributed by atoms with Crippen LogP contribution in [0.4, 0.5) is 0 Å². The van der Waals surface area contributed by atoms with E-state index in [0.29, 0.717) is 10.2 Å². The molecule has 2 N–H and O–H groups in total. The van der Waals surface area contributed by atoms with Crippen molar-refractivity contribution < 1.29 is 9.90 Å². The van der Waals surface area contributed by atoms with Gasteiger partial charge < -0.3 is 10.1 Å². The minimum atomic E-state index is -0.919. The van der Waals surface area contributed by atoms with Gasteiger partial charge in [-0.2, -0.15) is 0 Å². The van der Waals surface area contributed by atoms with Gasteiger partial charge in [-0.25, -0.2) is 4.98 Å². The summed E-state index contributed by atoms with van der Waals surface area (Å²) in [6.07, 6.45) is 0. The predicted octanol–water partition coefficient (Wildman–Crippen LogP) is 3.17. The number of aliphatic carboxylic acids is 1. The summed E-state index contributed by atoms with van der Waals surface area (Å²) in [4.78, 5) is 18.4. The Bertz CT molecular complexity index is 580. The minimum Gasteiger partial charge on any atom is -0.480 e. The molecule has 0 spiro atoms. The number of fused-ring (bicyclic) bond motifs is 1. The number of aromatic nitrogens is 2. The van der Waals surface area contributed by atoms with E-state index in [2.05, 4.69) is 9.97 Å². The first-order valence-electron chi connectivity index (χ1n) is 4.96. The van der Waals surface area contributed by atoms with Gasteiger partial charge in [0.05, 0.1) is 11.0 Å². The third kappa shape index (κ3) is 2.56. The van der Waals surface area contributed by atoms with Gasteiger partial charge in [-0.05, 0) is 32.0 Å². The summed E-state index contributed by atoms with van der Waals surface area (Å²) in [5.74, 6) is -0.874. The molecule has 1 aromatic carbocycles. The van der Waals surface area contributed by atoms with Crippen molar-refractivity contribution in [3.63, 3.8) is 0 Å². The van der Waals surface area contributed by atoms with E-state index in [1.807, 2.05) is 0 Å². The summed E-state index contributed by atoms with van der Waals surface area (Å²) in [5.41, 5.74) is 1.58. The van der Waals surface area contributed by atoms with E-state index in [0.717, 1.165) is 11.0 Å². The van der Waals surface area contributed by atoms with E-state index in [1.54, 1.807) is 32.0 Å². The first-order chi connectivity index (χ1) is 7.88. The van der Waals surface area contributed by atoms with Crippen molar-refractivity contribution in [1.29, 1.82) is 0 Å². The molecule has 1 aromatic heterocycles. The molecule has 0 aliphatic carbocycles. The minimum absolute atomic E-state index is 0.578. The molecular formula is C11H11ClN2O2S. The number of hydrogen-bond acceptors (Lipinski definition) is 3. The number of carboxylic acid groups (broad SMARTS) is 1. The molecule has 0 atom stereocenters. The van der Waals surface area contributed by atoms with Gasteiger partial charge in [0.15, 0.2) is 5.16 Å². The number of nitrogens with one attached hydrogen (secondary N) is 1. The van der Waals surface area contributed by atoms with E-state index in [9.17, 15) is 4.79 Å². The van der Waals surface area contributed by atoms with Crippen molar-refractivity contribution in [2.24, 2.45) is 0 Å². The molecule has 2 rings (SSSR count). The predicted molar refractivity (Wildman–Crippen MR) is 68.7 cm³/mol. The van der Waals surface area contributed by atoms with E-state index in [-0.39, 0.29) is 0 Å². The monoisotopic (exact) mass is 270 g/mol. The summed E-state index contributed by atoms with van der Waals surface area (Å²) in [7, 11) is 0. The normalized spacial score (nSPS) is 11.9. The van der Waals surface area contributed by atoms with Gasteiger partial charge in [0, 0.05) is 5.02 Å². The van der Waals surface area contributed by atoms with Crippen molar-refractivity contribution in [1.82, 2.24) is 9.97 Å². The number of aromatic amines is 1. The fraction of sp³-hybridized carbons (Fsp3) is 0.273. The number of hydrogen-bond donors (Lipinski definition) is 2. The van der Waals surface area contributed by atoms with Crippen LogP contribution >= 0.6 is 23.4 Å². The van der Waals surface area contributed by atoms with Gasteiger partial charge in [0.25, 0.3) is 0 Å². The number of thioether (sulfide) groups is 1. The number of halogens is 1. The molecule has 0 saturated heterocycles. The number of H-pyrrole nitrogens is 1. The van der Waals surface area contributed by atoms with E-state index >= 15 is 0 Å². The third-order valence-corrected chi connectivity index (χ3v) is 3.60. The molecule has 90 valence electrons. The Morgan fingerprint density at radius 3 is 2.88 bits per heavy atom. The lowest BCUT2D eigenvalue weighted by molar-refractivity contribution is -0.138. The molecule has 0 radical (unpaired) electrons. The lowest BCUT2D eigenvalue weighted by atomic mass is 10.2. The van der Waals surface area contributed by atoms with Crippen LogP contribution in [0.25, 0.3) is 11.0 Å². The molecule has 0 bridgehead atoms. The van der Waals surface area contributed by atoms with Gasteiger partial charge >= 0.3 is 5.97 Å². The zero-order chi connectivity index (χ0) is 12.6. The number of carboxylic acids is 1. The Balaban J connectivity index is 2.34. The number of nitrogens with zero attached hydrogens (tertiary/aromatic N) is 1. The topological polar surface area (TPSA) is 66.0 Å². The quantitative estimate of drug-likeness (QED) is 0.841. The Morgan fingerprint density at radius 1 is 1.53 bits per heavy atom. The number of rotatable bonds is 3. The maximum atomic E-state index is 11.0. The second-order valence-electron chi connectivity index (χ2n) is 4.12. The molecule has 0 saturated carbocycles. The van der Waals surface area contributed by atoms with Crippen LogP contribution in [0.3, 0.4) is 0 Å². The second kappa shape index (κ2) is 4.23. The second-order valence-corrected chi connectivity index (χ2v) is 6.17. The molecule has 0 fully saturated rings. The molecule has 4 nitrogen and oxygen atoms in total. The van der Waals surface area contributed by atoms with Crippen LogP contribution in [0.15, 0.2) is 23.4 Å². The third-order valence-electron chi connectivity index (χ3n) is 2.29. The molecular weight excluding hydrogens is 260 g/mol. The fourth-order valence-corrected chi connectivity index (χ4v) is 2.34. The van der Waals surface area contributed by atoms with Crippen molar-refractivity contribution in [2.45, 2.75) is 23.8 Å². The van der Waals surface area contributed by atoms with E-state index < -0.39 is 10.7 Å². The Hall–Kier alpha value is -1.20. The van der Waals surface area contributed by atoms with Crippen molar-refractivity contribution >= 4 is 40.4 Å². The molecule has 0 amide bonds. The highest BCUT2D eigenvalue weighted by Gasteiger charge is 2.29. The molecule has 1 heterocycles. The number of imidazole rings is 1. The highest BCUT2D eigenvalue weighted by molar-refractivity contribution is 8.01. The summed E-state index contributed by atoms with van der Waals surface area (Å²) in [6, 6.07) is 5.31. The number of carbonyl (C=O) groups is 1. The Kier molecular flexibility index (Phi) is 3.05.